The highest BCUT2D eigenvalue weighted by Crippen LogP contribution is 1.97. The lowest BCUT2D eigenvalue weighted by atomic mass is 10.3. The molecule has 0 saturated carbocycles. The molecule has 0 aromatic rings. The van der Waals surface area contributed by atoms with Gasteiger partial charge in [-0.25, -0.2) is 0 Å². The predicted octanol–water partition coefficient (Wildman–Crippen LogP) is 2.08. The molecule has 0 aromatic heterocycles. The van der Waals surface area contributed by atoms with E-state index in [1.165, 1.54) is 0 Å². The highest BCUT2D eigenvalue weighted by Gasteiger charge is 2.11. The van der Waals surface area contributed by atoms with Gasteiger partial charge < -0.3 is 14.4 Å². The molecule has 0 aliphatic rings. The van der Waals surface area contributed by atoms with Gasteiger partial charge in [-0.2, -0.15) is 0 Å². The molecule has 4 heteroatoms. The molecule has 0 atom stereocenters. The van der Waals surface area contributed by atoms with Gasteiger partial charge in [-0.3, -0.25) is 4.79 Å². The molecular formula is C13H27NO3. The Morgan fingerprint density at radius 3 is 1.71 bits per heavy atom. The molecule has 102 valence electrons. The van der Waals surface area contributed by atoms with Crippen LogP contribution in [0.5, 0.6) is 0 Å². The fraction of sp³-hybridized carbons (Fsp3) is 0.923. The van der Waals surface area contributed by atoms with Crippen molar-refractivity contribution in [3.63, 3.8) is 0 Å². The van der Waals surface area contributed by atoms with Crippen molar-refractivity contribution < 1.29 is 14.3 Å². The third-order valence-electron chi connectivity index (χ3n) is 2.28. The second-order valence-corrected chi connectivity index (χ2v) is 4.57. The van der Waals surface area contributed by atoms with E-state index in [0.717, 1.165) is 0 Å². The number of nitrogens with zero attached hydrogens (tertiary/aromatic N) is 1. The van der Waals surface area contributed by atoms with Crippen LogP contribution in [0.1, 0.15) is 41.0 Å². The number of ether oxygens (including phenoxy) is 2. The van der Waals surface area contributed by atoms with Gasteiger partial charge >= 0.3 is 0 Å². The van der Waals surface area contributed by atoms with Crippen molar-refractivity contribution in [3.8, 4) is 0 Å². The number of carbonyl (C=O) groups excluding carboxylic acids is 1. The number of hydrogen-bond acceptors (Lipinski definition) is 3. The van der Waals surface area contributed by atoms with Crippen LogP contribution in [0, 0.1) is 0 Å². The fourth-order valence-electron chi connectivity index (χ4n) is 1.38. The van der Waals surface area contributed by atoms with Gasteiger partial charge in [0.15, 0.2) is 0 Å². The molecule has 0 rings (SSSR count). The first-order chi connectivity index (χ1) is 7.97. The van der Waals surface area contributed by atoms with Gasteiger partial charge in [-0.1, -0.05) is 6.92 Å². The van der Waals surface area contributed by atoms with Crippen molar-refractivity contribution >= 4 is 5.91 Å². The minimum Gasteiger partial charge on any atom is -0.377 e. The fourth-order valence-corrected chi connectivity index (χ4v) is 1.38. The van der Waals surface area contributed by atoms with Crippen LogP contribution in [-0.4, -0.2) is 49.3 Å². The third kappa shape index (κ3) is 9.12. The van der Waals surface area contributed by atoms with Crippen molar-refractivity contribution in [2.75, 3.05) is 26.3 Å². The van der Waals surface area contributed by atoms with E-state index in [2.05, 4.69) is 0 Å². The SMILES string of the molecule is CCC(=O)N(CCOC(C)C)CCOC(C)C. The van der Waals surface area contributed by atoms with Crippen molar-refractivity contribution in [2.24, 2.45) is 0 Å². The van der Waals surface area contributed by atoms with E-state index >= 15 is 0 Å². The van der Waals surface area contributed by atoms with Crippen LogP contribution in [0.25, 0.3) is 0 Å². The van der Waals surface area contributed by atoms with E-state index in [-0.39, 0.29) is 18.1 Å². The van der Waals surface area contributed by atoms with E-state index in [9.17, 15) is 4.79 Å². The zero-order valence-electron chi connectivity index (χ0n) is 11.9. The maximum atomic E-state index is 11.7. The Hall–Kier alpha value is -0.610. The lowest BCUT2D eigenvalue weighted by Gasteiger charge is -2.23. The minimum atomic E-state index is 0.157. The second-order valence-electron chi connectivity index (χ2n) is 4.57. The molecule has 0 heterocycles. The van der Waals surface area contributed by atoms with Crippen LogP contribution in [0.3, 0.4) is 0 Å². The van der Waals surface area contributed by atoms with Crippen LogP contribution in [0.2, 0.25) is 0 Å². The maximum absolute atomic E-state index is 11.7. The van der Waals surface area contributed by atoms with Crippen LogP contribution in [-0.2, 0) is 14.3 Å². The smallest absolute Gasteiger partial charge is 0.222 e. The molecule has 0 aliphatic carbocycles. The summed E-state index contributed by atoms with van der Waals surface area (Å²) in [7, 11) is 0. The van der Waals surface area contributed by atoms with E-state index in [4.69, 9.17) is 9.47 Å². The lowest BCUT2D eigenvalue weighted by Crippen LogP contribution is -2.37. The monoisotopic (exact) mass is 245 g/mol. The number of rotatable bonds is 9. The van der Waals surface area contributed by atoms with Crippen LogP contribution in [0.4, 0.5) is 0 Å². The van der Waals surface area contributed by atoms with Crippen molar-refractivity contribution in [1.29, 1.82) is 0 Å². The Morgan fingerprint density at radius 2 is 1.41 bits per heavy atom. The standard InChI is InChI=1S/C13H27NO3/c1-6-13(15)14(7-9-16-11(2)3)8-10-17-12(4)5/h11-12H,6-10H2,1-5H3. The average molecular weight is 245 g/mol. The molecule has 0 bridgehead atoms. The number of hydrogen-bond donors (Lipinski definition) is 0. The van der Waals surface area contributed by atoms with E-state index in [0.29, 0.717) is 32.7 Å². The molecule has 0 spiro atoms. The second kappa shape index (κ2) is 9.42. The number of carbonyl (C=O) groups is 1. The lowest BCUT2D eigenvalue weighted by molar-refractivity contribution is -0.132. The molecule has 0 N–H and O–H groups in total. The Labute approximate surface area is 105 Å². The first-order valence-corrected chi connectivity index (χ1v) is 6.48. The van der Waals surface area contributed by atoms with E-state index in [1.807, 2.05) is 39.5 Å². The summed E-state index contributed by atoms with van der Waals surface area (Å²) in [6.07, 6.45) is 0.949. The molecule has 0 aliphatic heterocycles. The van der Waals surface area contributed by atoms with Crippen molar-refractivity contribution in [3.05, 3.63) is 0 Å². The summed E-state index contributed by atoms with van der Waals surface area (Å²) in [5.74, 6) is 0.157. The highest BCUT2D eigenvalue weighted by atomic mass is 16.5. The molecular weight excluding hydrogens is 218 g/mol. The van der Waals surface area contributed by atoms with E-state index in [1.54, 1.807) is 0 Å². The molecule has 1 amide bonds. The molecule has 4 nitrogen and oxygen atoms in total. The third-order valence-corrected chi connectivity index (χ3v) is 2.28. The summed E-state index contributed by atoms with van der Waals surface area (Å²) in [6.45, 7) is 12.3. The van der Waals surface area contributed by atoms with Gasteiger partial charge in [-0.05, 0) is 27.7 Å². The minimum absolute atomic E-state index is 0.157. The Kier molecular flexibility index (Phi) is 9.09. The predicted molar refractivity (Wildman–Crippen MR) is 69.0 cm³/mol. The summed E-state index contributed by atoms with van der Waals surface area (Å²) in [5.41, 5.74) is 0. The highest BCUT2D eigenvalue weighted by molar-refractivity contribution is 5.75. The first kappa shape index (κ1) is 16.4. The molecule has 0 fully saturated rings. The van der Waals surface area contributed by atoms with Crippen molar-refractivity contribution in [1.82, 2.24) is 4.90 Å². The van der Waals surface area contributed by atoms with E-state index < -0.39 is 0 Å². The van der Waals surface area contributed by atoms with Gasteiger partial charge in [-0.15, -0.1) is 0 Å². The summed E-state index contributed by atoms with van der Waals surface area (Å²) in [4.78, 5) is 13.5. The average Bonchev–Trinajstić information content (AvgIpc) is 2.25. The van der Waals surface area contributed by atoms with Crippen LogP contribution < -0.4 is 0 Å². The molecule has 0 saturated heterocycles. The molecule has 0 aromatic carbocycles. The van der Waals surface area contributed by atoms with Gasteiger partial charge in [0, 0.05) is 19.5 Å². The van der Waals surface area contributed by atoms with Crippen LogP contribution in [0.15, 0.2) is 0 Å². The first-order valence-electron chi connectivity index (χ1n) is 6.48. The Bertz CT molecular complexity index is 191. The Balaban J connectivity index is 3.93. The Morgan fingerprint density at radius 1 is 1.00 bits per heavy atom. The van der Waals surface area contributed by atoms with Gasteiger partial charge in [0.1, 0.15) is 0 Å². The zero-order chi connectivity index (χ0) is 13.3. The summed E-state index contributed by atoms with van der Waals surface area (Å²) in [5, 5.41) is 0. The normalized spacial score (nSPS) is 11.2. The quantitative estimate of drug-likeness (QED) is 0.624. The van der Waals surface area contributed by atoms with Crippen molar-refractivity contribution in [2.45, 2.75) is 53.2 Å². The zero-order valence-corrected chi connectivity index (χ0v) is 11.9. The molecule has 0 radical (unpaired) electrons. The van der Waals surface area contributed by atoms with Gasteiger partial charge in [0.25, 0.3) is 0 Å². The maximum Gasteiger partial charge on any atom is 0.222 e. The summed E-state index contributed by atoms with van der Waals surface area (Å²) >= 11 is 0. The largest absolute Gasteiger partial charge is 0.377 e. The number of amides is 1. The molecule has 17 heavy (non-hydrogen) atoms. The van der Waals surface area contributed by atoms with Gasteiger partial charge in [0.05, 0.1) is 25.4 Å². The molecule has 0 unspecified atom stereocenters. The summed E-state index contributed by atoms with van der Waals surface area (Å²) < 4.78 is 10.9. The van der Waals surface area contributed by atoms with Gasteiger partial charge in [0.2, 0.25) is 5.91 Å². The van der Waals surface area contributed by atoms with Crippen LogP contribution >= 0.6 is 0 Å². The topological polar surface area (TPSA) is 38.8 Å². The summed E-state index contributed by atoms with van der Waals surface area (Å²) in [6, 6.07) is 0.